The molecule has 2 aliphatic rings. The molecule has 2 aromatic rings. The molecule has 0 radical (unpaired) electrons. The van der Waals surface area contributed by atoms with Gasteiger partial charge < -0.3 is 4.98 Å². The van der Waals surface area contributed by atoms with Gasteiger partial charge in [-0.2, -0.15) is 0 Å². The third kappa shape index (κ3) is 3.26. The highest BCUT2D eigenvalue weighted by Gasteiger charge is 2.24. The maximum atomic E-state index is 12.5. The lowest BCUT2D eigenvalue weighted by Crippen LogP contribution is -2.35. The standard InChI is InChI=1S/C19H24N4O/c24-19-16-8-10-23(12-14-5-4-9-20-11-14)13-17(16)21-18(22-19)15-6-2-1-3-7-15/h4-5,9,11,15H,1-3,6-8,10,12-13H2,(H,21,22,24). The van der Waals surface area contributed by atoms with E-state index in [1.807, 2.05) is 12.3 Å². The molecule has 3 heterocycles. The largest absolute Gasteiger partial charge is 0.310 e. The van der Waals surface area contributed by atoms with Crippen molar-refractivity contribution in [3.63, 3.8) is 0 Å². The predicted octanol–water partition coefficient (Wildman–Crippen LogP) is 2.77. The summed E-state index contributed by atoms with van der Waals surface area (Å²) in [5, 5.41) is 0. The van der Waals surface area contributed by atoms with Crippen molar-refractivity contribution in [1.82, 2.24) is 19.9 Å². The molecule has 0 aromatic carbocycles. The first kappa shape index (κ1) is 15.5. The number of fused-ring (bicyclic) bond motifs is 1. The van der Waals surface area contributed by atoms with Gasteiger partial charge in [0, 0.05) is 43.5 Å². The minimum absolute atomic E-state index is 0.0848. The molecule has 0 atom stereocenters. The van der Waals surface area contributed by atoms with Crippen LogP contribution in [0.4, 0.5) is 0 Å². The highest BCUT2D eigenvalue weighted by atomic mass is 16.1. The number of pyridine rings is 1. The fourth-order valence-electron chi connectivity index (χ4n) is 3.97. The molecule has 5 heteroatoms. The van der Waals surface area contributed by atoms with Crippen molar-refractivity contribution in [2.45, 2.75) is 57.5 Å². The highest BCUT2D eigenvalue weighted by molar-refractivity contribution is 5.22. The van der Waals surface area contributed by atoms with Gasteiger partial charge in [-0.15, -0.1) is 0 Å². The van der Waals surface area contributed by atoms with E-state index in [-0.39, 0.29) is 5.56 Å². The molecule has 126 valence electrons. The van der Waals surface area contributed by atoms with Gasteiger partial charge in [-0.3, -0.25) is 14.7 Å². The Balaban J connectivity index is 1.55. The zero-order valence-corrected chi connectivity index (χ0v) is 14.0. The Morgan fingerprint density at radius 3 is 2.92 bits per heavy atom. The maximum absolute atomic E-state index is 12.5. The van der Waals surface area contributed by atoms with Crippen LogP contribution in [0.3, 0.4) is 0 Å². The fourth-order valence-corrected chi connectivity index (χ4v) is 3.97. The van der Waals surface area contributed by atoms with E-state index in [0.717, 1.165) is 56.0 Å². The van der Waals surface area contributed by atoms with Crippen LogP contribution >= 0.6 is 0 Å². The van der Waals surface area contributed by atoms with E-state index in [4.69, 9.17) is 4.98 Å². The summed E-state index contributed by atoms with van der Waals surface area (Å²) in [6.07, 6.45) is 10.6. The SMILES string of the molecule is O=c1[nH]c(C2CCCCC2)nc2c1CCN(Cc1cccnc1)C2. The Bertz CT molecular complexity index is 750. The van der Waals surface area contributed by atoms with Crippen molar-refractivity contribution in [3.05, 3.63) is 57.5 Å². The molecule has 1 N–H and O–H groups in total. The molecular weight excluding hydrogens is 300 g/mol. The topological polar surface area (TPSA) is 61.9 Å². The molecule has 1 aliphatic heterocycles. The molecule has 24 heavy (non-hydrogen) atoms. The molecule has 1 aliphatic carbocycles. The quantitative estimate of drug-likeness (QED) is 0.943. The van der Waals surface area contributed by atoms with Gasteiger partial charge in [-0.05, 0) is 30.9 Å². The highest BCUT2D eigenvalue weighted by Crippen LogP contribution is 2.30. The van der Waals surface area contributed by atoms with Crippen molar-refractivity contribution in [2.24, 2.45) is 0 Å². The molecule has 1 fully saturated rings. The van der Waals surface area contributed by atoms with Crippen LogP contribution in [0.15, 0.2) is 29.3 Å². The summed E-state index contributed by atoms with van der Waals surface area (Å²) >= 11 is 0. The second-order valence-corrected chi connectivity index (χ2v) is 7.03. The van der Waals surface area contributed by atoms with E-state index in [1.54, 1.807) is 6.20 Å². The summed E-state index contributed by atoms with van der Waals surface area (Å²) in [6.45, 7) is 2.52. The first-order valence-corrected chi connectivity index (χ1v) is 9.03. The Labute approximate surface area is 142 Å². The lowest BCUT2D eigenvalue weighted by Gasteiger charge is -2.28. The van der Waals surface area contributed by atoms with Gasteiger partial charge in [0.25, 0.3) is 5.56 Å². The number of nitrogens with one attached hydrogen (secondary N) is 1. The number of aromatic amines is 1. The molecule has 0 bridgehead atoms. The van der Waals surface area contributed by atoms with Gasteiger partial charge in [0.2, 0.25) is 0 Å². The van der Waals surface area contributed by atoms with Crippen molar-refractivity contribution >= 4 is 0 Å². The van der Waals surface area contributed by atoms with Crippen LogP contribution in [0.2, 0.25) is 0 Å². The number of H-pyrrole nitrogens is 1. The Morgan fingerprint density at radius 2 is 2.12 bits per heavy atom. The minimum atomic E-state index is 0.0848. The third-order valence-corrected chi connectivity index (χ3v) is 5.29. The first-order chi connectivity index (χ1) is 11.8. The number of nitrogens with zero attached hydrogens (tertiary/aromatic N) is 3. The molecule has 0 amide bonds. The number of hydrogen-bond donors (Lipinski definition) is 1. The summed E-state index contributed by atoms with van der Waals surface area (Å²) < 4.78 is 0. The van der Waals surface area contributed by atoms with Crippen LogP contribution in [0.5, 0.6) is 0 Å². The summed E-state index contributed by atoms with van der Waals surface area (Å²) in [5.74, 6) is 1.35. The van der Waals surface area contributed by atoms with Crippen molar-refractivity contribution < 1.29 is 0 Å². The van der Waals surface area contributed by atoms with E-state index >= 15 is 0 Å². The van der Waals surface area contributed by atoms with Gasteiger partial charge in [0.1, 0.15) is 5.82 Å². The van der Waals surface area contributed by atoms with Crippen molar-refractivity contribution in [1.29, 1.82) is 0 Å². The molecule has 4 rings (SSSR count). The normalized spacial score (nSPS) is 19.2. The molecule has 0 saturated heterocycles. The van der Waals surface area contributed by atoms with Gasteiger partial charge in [0.15, 0.2) is 0 Å². The van der Waals surface area contributed by atoms with Crippen LogP contribution in [-0.2, 0) is 19.5 Å². The third-order valence-electron chi connectivity index (χ3n) is 5.29. The van der Waals surface area contributed by atoms with Crippen LogP contribution in [0.1, 0.15) is 60.7 Å². The van der Waals surface area contributed by atoms with E-state index in [0.29, 0.717) is 5.92 Å². The zero-order valence-electron chi connectivity index (χ0n) is 14.0. The van der Waals surface area contributed by atoms with E-state index in [1.165, 1.54) is 24.8 Å². The summed E-state index contributed by atoms with van der Waals surface area (Å²) in [4.78, 5) is 27.0. The monoisotopic (exact) mass is 324 g/mol. The summed E-state index contributed by atoms with van der Waals surface area (Å²) in [7, 11) is 0. The van der Waals surface area contributed by atoms with Crippen molar-refractivity contribution in [2.75, 3.05) is 6.54 Å². The smallest absolute Gasteiger partial charge is 0.254 e. The Hall–Kier alpha value is -2.01. The second-order valence-electron chi connectivity index (χ2n) is 7.03. The van der Waals surface area contributed by atoms with Crippen LogP contribution in [0, 0.1) is 0 Å². The van der Waals surface area contributed by atoms with Gasteiger partial charge in [-0.1, -0.05) is 25.3 Å². The van der Waals surface area contributed by atoms with Gasteiger partial charge in [-0.25, -0.2) is 4.98 Å². The van der Waals surface area contributed by atoms with Crippen molar-refractivity contribution in [3.8, 4) is 0 Å². The van der Waals surface area contributed by atoms with Crippen LogP contribution in [0.25, 0.3) is 0 Å². The van der Waals surface area contributed by atoms with Crippen LogP contribution < -0.4 is 5.56 Å². The summed E-state index contributed by atoms with van der Waals surface area (Å²) in [6, 6.07) is 4.07. The minimum Gasteiger partial charge on any atom is -0.310 e. The fraction of sp³-hybridized carbons (Fsp3) is 0.526. The predicted molar refractivity (Wildman–Crippen MR) is 92.7 cm³/mol. The van der Waals surface area contributed by atoms with E-state index in [2.05, 4.69) is 20.9 Å². The first-order valence-electron chi connectivity index (χ1n) is 9.03. The lowest BCUT2D eigenvalue weighted by molar-refractivity contribution is 0.239. The molecule has 1 saturated carbocycles. The van der Waals surface area contributed by atoms with E-state index < -0.39 is 0 Å². The Kier molecular flexibility index (Phi) is 4.43. The zero-order chi connectivity index (χ0) is 16.4. The number of rotatable bonds is 3. The average molecular weight is 324 g/mol. The molecule has 5 nitrogen and oxygen atoms in total. The number of aromatic nitrogens is 3. The van der Waals surface area contributed by atoms with Crippen LogP contribution in [-0.4, -0.2) is 26.4 Å². The van der Waals surface area contributed by atoms with Gasteiger partial charge in [0.05, 0.1) is 5.69 Å². The van der Waals surface area contributed by atoms with E-state index in [9.17, 15) is 4.79 Å². The molecule has 2 aromatic heterocycles. The maximum Gasteiger partial charge on any atom is 0.254 e. The number of hydrogen-bond acceptors (Lipinski definition) is 4. The van der Waals surface area contributed by atoms with Gasteiger partial charge >= 0.3 is 0 Å². The Morgan fingerprint density at radius 1 is 1.25 bits per heavy atom. The molecule has 0 spiro atoms. The second kappa shape index (κ2) is 6.85. The summed E-state index contributed by atoms with van der Waals surface area (Å²) in [5.41, 5.74) is 3.16. The lowest BCUT2D eigenvalue weighted by atomic mass is 9.88. The molecule has 0 unspecified atom stereocenters. The molecular formula is C19H24N4O. The average Bonchev–Trinajstić information content (AvgIpc) is 2.63.